The van der Waals surface area contributed by atoms with Crippen molar-refractivity contribution in [2.24, 2.45) is 11.3 Å². The van der Waals surface area contributed by atoms with Crippen LogP contribution in [-0.4, -0.2) is 0 Å². The molecular formula is C15H24. The monoisotopic (exact) mass is 204 g/mol. The fourth-order valence-electron chi connectivity index (χ4n) is 2.50. The summed E-state index contributed by atoms with van der Waals surface area (Å²) in [5.74, 6) is 0.605. The molecule has 0 heterocycles. The van der Waals surface area contributed by atoms with E-state index in [2.05, 4.69) is 52.5 Å². The molecule has 2 unspecified atom stereocenters. The van der Waals surface area contributed by atoms with E-state index < -0.39 is 0 Å². The Hall–Kier alpha value is -0.780. The molecule has 0 bridgehead atoms. The number of hydrogen-bond donors (Lipinski definition) is 0. The summed E-state index contributed by atoms with van der Waals surface area (Å²) in [6.45, 7) is 13.0. The second-order valence-electron chi connectivity index (χ2n) is 5.18. The van der Waals surface area contributed by atoms with Crippen molar-refractivity contribution < 1.29 is 0 Å². The van der Waals surface area contributed by atoms with E-state index in [-0.39, 0.29) is 0 Å². The lowest BCUT2D eigenvalue weighted by atomic mass is 9.66. The van der Waals surface area contributed by atoms with Gasteiger partial charge in [-0.15, -0.1) is 0 Å². The third-order valence-electron chi connectivity index (χ3n) is 3.80. The Morgan fingerprint density at radius 2 is 2.33 bits per heavy atom. The molecule has 0 nitrogen and oxygen atoms in total. The zero-order chi connectivity index (χ0) is 11.5. The van der Waals surface area contributed by atoms with E-state index in [9.17, 15) is 0 Å². The summed E-state index contributed by atoms with van der Waals surface area (Å²) in [5.41, 5.74) is 3.13. The average molecular weight is 204 g/mol. The fourth-order valence-corrected chi connectivity index (χ4v) is 2.50. The van der Waals surface area contributed by atoms with Gasteiger partial charge in [0.1, 0.15) is 0 Å². The van der Waals surface area contributed by atoms with E-state index in [1.807, 2.05) is 0 Å². The first-order chi connectivity index (χ1) is 6.99. The molecular weight excluding hydrogens is 180 g/mol. The molecule has 0 aromatic heterocycles. The van der Waals surface area contributed by atoms with Crippen LogP contribution in [0.4, 0.5) is 0 Å². The molecule has 0 amide bonds. The maximum Gasteiger partial charge on any atom is 0.00310 e. The van der Waals surface area contributed by atoms with Crippen LogP contribution in [0, 0.1) is 11.3 Å². The van der Waals surface area contributed by atoms with E-state index in [4.69, 9.17) is 0 Å². The van der Waals surface area contributed by atoms with Gasteiger partial charge >= 0.3 is 0 Å². The van der Waals surface area contributed by atoms with Gasteiger partial charge in [-0.25, -0.2) is 0 Å². The summed E-state index contributed by atoms with van der Waals surface area (Å²) in [5, 5.41) is 0. The molecule has 0 fully saturated rings. The molecule has 1 aliphatic rings. The minimum absolute atomic E-state index is 0.449. The lowest BCUT2D eigenvalue weighted by molar-refractivity contribution is 0.214. The molecule has 1 aliphatic carbocycles. The third-order valence-corrected chi connectivity index (χ3v) is 3.80. The Labute approximate surface area is 94.8 Å². The Morgan fingerprint density at radius 3 is 2.87 bits per heavy atom. The van der Waals surface area contributed by atoms with Crippen LogP contribution in [0.5, 0.6) is 0 Å². The molecule has 0 saturated carbocycles. The first-order valence-corrected chi connectivity index (χ1v) is 6.00. The van der Waals surface area contributed by atoms with Gasteiger partial charge in [-0.2, -0.15) is 0 Å². The molecule has 0 aromatic carbocycles. The highest BCUT2D eigenvalue weighted by Crippen LogP contribution is 2.44. The molecule has 0 radical (unpaired) electrons. The van der Waals surface area contributed by atoms with Crippen molar-refractivity contribution in [3.63, 3.8) is 0 Å². The van der Waals surface area contributed by atoms with Gasteiger partial charge in [0, 0.05) is 5.92 Å². The Balaban J connectivity index is 2.92. The van der Waals surface area contributed by atoms with E-state index in [0.29, 0.717) is 11.3 Å². The topological polar surface area (TPSA) is 0 Å². The third kappa shape index (κ3) is 2.84. The molecule has 0 saturated heterocycles. The summed E-state index contributed by atoms with van der Waals surface area (Å²) in [6, 6.07) is 0. The number of hydrogen-bond acceptors (Lipinski definition) is 0. The largest absolute Gasteiger partial charge is 0.0961 e. The first-order valence-electron chi connectivity index (χ1n) is 6.00. The van der Waals surface area contributed by atoms with Crippen molar-refractivity contribution in [1.82, 2.24) is 0 Å². The SMILES string of the molecule is C=C(C)/C=C/C1C(C)=CCCC1(C)CC. The average Bonchev–Trinajstić information content (AvgIpc) is 2.16. The van der Waals surface area contributed by atoms with Gasteiger partial charge < -0.3 is 0 Å². The minimum atomic E-state index is 0.449. The summed E-state index contributed by atoms with van der Waals surface area (Å²) in [4.78, 5) is 0. The lowest BCUT2D eigenvalue weighted by Crippen LogP contribution is -2.28. The van der Waals surface area contributed by atoms with Gasteiger partial charge in [-0.1, -0.05) is 49.8 Å². The lowest BCUT2D eigenvalue weighted by Gasteiger charge is -2.39. The van der Waals surface area contributed by atoms with Crippen molar-refractivity contribution >= 4 is 0 Å². The Morgan fingerprint density at radius 1 is 1.67 bits per heavy atom. The van der Waals surface area contributed by atoms with E-state index in [0.717, 1.165) is 5.57 Å². The summed E-state index contributed by atoms with van der Waals surface area (Å²) < 4.78 is 0. The van der Waals surface area contributed by atoms with Crippen LogP contribution in [-0.2, 0) is 0 Å². The first kappa shape index (κ1) is 12.3. The molecule has 15 heavy (non-hydrogen) atoms. The molecule has 84 valence electrons. The van der Waals surface area contributed by atoms with Gasteiger partial charge in [0.15, 0.2) is 0 Å². The second-order valence-corrected chi connectivity index (χ2v) is 5.18. The van der Waals surface area contributed by atoms with Gasteiger partial charge in [-0.3, -0.25) is 0 Å². The van der Waals surface area contributed by atoms with Crippen molar-refractivity contribution in [3.8, 4) is 0 Å². The zero-order valence-corrected chi connectivity index (χ0v) is 10.6. The number of rotatable bonds is 3. The van der Waals surface area contributed by atoms with Crippen LogP contribution < -0.4 is 0 Å². The van der Waals surface area contributed by atoms with Gasteiger partial charge in [0.05, 0.1) is 0 Å². The highest BCUT2D eigenvalue weighted by molar-refractivity contribution is 5.23. The zero-order valence-electron chi connectivity index (χ0n) is 10.6. The molecule has 0 spiro atoms. The quantitative estimate of drug-likeness (QED) is 0.453. The summed E-state index contributed by atoms with van der Waals surface area (Å²) in [7, 11) is 0. The summed E-state index contributed by atoms with van der Waals surface area (Å²) in [6.07, 6.45) is 10.7. The molecule has 0 N–H and O–H groups in total. The van der Waals surface area contributed by atoms with Gasteiger partial charge in [0.2, 0.25) is 0 Å². The maximum absolute atomic E-state index is 3.93. The molecule has 2 atom stereocenters. The second kappa shape index (κ2) is 4.83. The normalized spacial score (nSPS) is 31.7. The van der Waals surface area contributed by atoms with Crippen molar-refractivity contribution in [3.05, 3.63) is 36.0 Å². The fraction of sp³-hybridized carbons (Fsp3) is 0.600. The minimum Gasteiger partial charge on any atom is -0.0961 e. The van der Waals surface area contributed by atoms with E-state index in [1.54, 1.807) is 0 Å². The van der Waals surface area contributed by atoms with Crippen molar-refractivity contribution in [2.45, 2.75) is 47.0 Å². The van der Waals surface area contributed by atoms with Crippen molar-refractivity contribution in [1.29, 1.82) is 0 Å². The Bertz CT molecular complexity index is 293. The highest BCUT2D eigenvalue weighted by Gasteiger charge is 2.33. The molecule has 1 rings (SSSR count). The van der Waals surface area contributed by atoms with Crippen LogP contribution in [0.3, 0.4) is 0 Å². The maximum atomic E-state index is 3.93. The highest BCUT2D eigenvalue weighted by atomic mass is 14.4. The molecule has 0 aliphatic heterocycles. The van der Waals surface area contributed by atoms with Crippen LogP contribution in [0.1, 0.15) is 47.0 Å². The van der Waals surface area contributed by atoms with Gasteiger partial charge in [0.25, 0.3) is 0 Å². The van der Waals surface area contributed by atoms with E-state index in [1.165, 1.54) is 24.8 Å². The standard InChI is InChI=1S/C15H24/c1-6-15(5)11-7-8-13(4)14(15)10-9-12(2)3/h8-10,14H,2,6-7,11H2,1,3-5H3/b10-9+. The summed E-state index contributed by atoms with van der Waals surface area (Å²) >= 11 is 0. The van der Waals surface area contributed by atoms with Crippen molar-refractivity contribution in [2.75, 3.05) is 0 Å². The smallest absolute Gasteiger partial charge is 0.00310 e. The van der Waals surface area contributed by atoms with E-state index >= 15 is 0 Å². The predicted molar refractivity (Wildman–Crippen MR) is 68.8 cm³/mol. The van der Waals surface area contributed by atoms with Crippen LogP contribution in [0.15, 0.2) is 36.0 Å². The van der Waals surface area contributed by atoms with Crippen LogP contribution in [0.2, 0.25) is 0 Å². The van der Waals surface area contributed by atoms with Crippen LogP contribution in [0.25, 0.3) is 0 Å². The molecule has 0 heteroatoms. The molecule has 0 aromatic rings. The Kier molecular flexibility index (Phi) is 3.96. The predicted octanol–water partition coefficient (Wildman–Crippen LogP) is 4.89. The van der Waals surface area contributed by atoms with Gasteiger partial charge in [-0.05, 0) is 38.5 Å². The van der Waals surface area contributed by atoms with Crippen LogP contribution >= 0.6 is 0 Å². The number of allylic oxidation sites excluding steroid dienone is 5.